The van der Waals surface area contributed by atoms with Crippen molar-refractivity contribution < 1.29 is 9.16 Å². The average Bonchev–Trinajstić information content (AvgIpc) is 2.83. The first-order valence-electron chi connectivity index (χ1n) is 6.23. The second kappa shape index (κ2) is 6.05. The molecule has 0 amide bonds. The Hall–Kier alpha value is -2.29. The van der Waals surface area contributed by atoms with Gasteiger partial charge in [0.25, 0.3) is 0 Å². The minimum absolute atomic E-state index is 0.369. The molecule has 1 unspecified atom stereocenters. The number of aryl methyl sites for hydroxylation is 1. The van der Waals surface area contributed by atoms with Crippen LogP contribution in [0.3, 0.4) is 0 Å². The highest BCUT2D eigenvalue weighted by Gasteiger charge is 2.21. The molecule has 0 saturated heterocycles. The Bertz CT molecular complexity index is 569. The van der Waals surface area contributed by atoms with Crippen LogP contribution in [-0.4, -0.2) is 11.0 Å². The van der Waals surface area contributed by atoms with E-state index in [2.05, 4.69) is 6.58 Å². The van der Waals surface area contributed by atoms with Crippen LogP contribution in [0.4, 0.5) is 0 Å². The van der Waals surface area contributed by atoms with Gasteiger partial charge in [0.15, 0.2) is 12.0 Å². The Morgan fingerprint density at radius 1 is 1.26 bits per heavy atom. The van der Waals surface area contributed by atoms with Gasteiger partial charge in [-0.1, -0.05) is 24.3 Å². The van der Waals surface area contributed by atoms with Gasteiger partial charge in [-0.2, -0.15) is 0 Å². The normalized spacial score (nSPS) is 13.2. The summed E-state index contributed by atoms with van der Waals surface area (Å²) in [6.45, 7) is 5.57. The highest BCUT2D eigenvalue weighted by molar-refractivity contribution is 5.75. The van der Waals surface area contributed by atoms with Gasteiger partial charge in [0.2, 0.25) is 6.04 Å². The molecule has 0 bridgehead atoms. The highest BCUT2D eigenvalue weighted by Crippen LogP contribution is 2.23. The molecule has 1 heterocycles. The predicted octanol–water partition coefficient (Wildman–Crippen LogP) is 3.83. The molecular formula is C16H17NO2. The molecule has 0 aliphatic rings. The molecule has 0 aliphatic carbocycles. The zero-order chi connectivity index (χ0) is 13.7. The van der Waals surface area contributed by atoms with Crippen molar-refractivity contribution in [2.24, 2.45) is 0 Å². The number of hydroxylamine groups is 1. The van der Waals surface area contributed by atoms with Crippen molar-refractivity contribution in [1.82, 2.24) is 0 Å². The van der Waals surface area contributed by atoms with E-state index in [0.717, 1.165) is 16.1 Å². The van der Waals surface area contributed by atoms with Crippen molar-refractivity contribution >= 4 is 6.21 Å². The molecule has 0 aliphatic heterocycles. The fourth-order valence-corrected chi connectivity index (χ4v) is 1.91. The molecule has 19 heavy (non-hydrogen) atoms. The fraction of sp³-hybridized carbons (Fsp3) is 0.188. The standard InChI is InChI=1S/C16H17NO2/c1-3-7-15(16-11-10-13(2)19-16)17(18)12-14-8-5-4-6-9-14/h3-6,8-12,15H,1,7H2,2H3/b17-12+. The summed E-state index contributed by atoms with van der Waals surface area (Å²) in [5.74, 6) is 1.47. The van der Waals surface area contributed by atoms with Gasteiger partial charge in [-0.3, -0.25) is 0 Å². The summed E-state index contributed by atoms with van der Waals surface area (Å²) in [6.07, 6.45) is 3.85. The first-order valence-corrected chi connectivity index (χ1v) is 6.23. The van der Waals surface area contributed by atoms with E-state index in [1.165, 1.54) is 0 Å². The van der Waals surface area contributed by atoms with Gasteiger partial charge in [0, 0.05) is 12.0 Å². The summed E-state index contributed by atoms with van der Waals surface area (Å²) < 4.78 is 6.47. The Morgan fingerprint density at radius 2 is 2.00 bits per heavy atom. The van der Waals surface area contributed by atoms with Gasteiger partial charge in [-0.25, -0.2) is 4.74 Å². The smallest absolute Gasteiger partial charge is 0.223 e. The molecule has 3 nitrogen and oxygen atoms in total. The van der Waals surface area contributed by atoms with E-state index in [1.54, 1.807) is 12.3 Å². The van der Waals surface area contributed by atoms with Gasteiger partial charge >= 0.3 is 0 Å². The molecule has 1 aromatic carbocycles. The third-order valence-corrected chi connectivity index (χ3v) is 2.86. The fourth-order valence-electron chi connectivity index (χ4n) is 1.91. The number of hydrogen-bond acceptors (Lipinski definition) is 2. The second-order valence-electron chi connectivity index (χ2n) is 4.39. The Kier molecular flexibility index (Phi) is 4.18. The van der Waals surface area contributed by atoms with Crippen molar-refractivity contribution in [3.8, 4) is 0 Å². The third-order valence-electron chi connectivity index (χ3n) is 2.86. The quantitative estimate of drug-likeness (QED) is 0.268. The lowest BCUT2D eigenvalue weighted by molar-refractivity contribution is -0.505. The summed E-state index contributed by atoms with van der Waals surface area (Å²) in [7, 11) is 0. The van der Waals surface area contributed by atoms with Crippen molar-refractivity contribution in [3.05, 3.63) is 77.4 Å². The Morgan fingerprint density at radius 3 is 2.58 bits per heavy atom. The van der Waals surface area contributed by atoms with Crippen LogP contribution in [0.25, 0.3) is 0 Å². The zero-order valence-corrected chi connectivity index (χ0v) is 11.0. The van der Waals surface area contributed by atoms with E-state index >= 15 is 0 Å². The van der Waals surface area contributed by atoms with Crippen molar-refractivity contribution in [2.75, 3.05) is 0 Å². The molecular weight excluding hydrogens is 238 g/mol. The van der Waals surface area contributed by atoms with Crippen molar-refractivity contribution in [3.63, 3.8) is 0 Å². The van der Waals surface area contributed by atoms with Crippen LogP contribution >= 0.6 is 0 Å². The van der Waals surface area contributed by atoms with Crippen LogP contribution in [-0.2, 0) is 0 Å². The lowest BCUT2D eigenvalue weighted by Crippen LogP contribution is -2.13. The van der Waals surface area contributed by atoms with Gasteiger partial charge in [0.1, 0.15) is 5.76 Å². The van der Waals surface area contributed by atoms with Crippen LogP contribution < -0.4 is 0 Å². The summed E-state index contributed by atoms with van der Waals surface area (Å²) in [5.41, 5.74) is 0.870. The van der Waals surface area contributed by atoms with Gasteiger partial charge in [-0.05, 0) is 31.2 Å². The number of nitrogens with zero attached hydrogens (tertiary/aromatic N) is 1. The zero-order valence-electron chi connectivity index (χ0n) is 11.0. The van der Waals surface area contributed by atoms with Crippen molar-refractivity contribution in [1.29, 1.82) is 0 Å². The molecule has 2 rings (SSSR count). The lowest BCUT2D eigenvalue weighted by Gasteiger charge is -2.13. The molecule has 0 saturated carbocycles. The minimum atomic E-state index is -0.369. The first-order chi connectivity index (χ1) is 9.20. The number of benzene rings is 1. The molecule has 1 aromatic heterocycles. The largest absolute Gasteiger partial charge is 0.623 e. The van der Waals surface area contributed by atoms with E-state index in [9.17, 15) is 5.21 Å². The van der Waals surface area contributed by atoms with E-state index in [4.69, 9.17) is 4.42 Å². The first kappa shape index (κ1) is 13.1. The minimum Gasteiger partial charge on any atom is -0.623 e. The maximum Gasteiger partial charge on any atom is 0.223 e. The topological polar surface area (TPSA) is 39.2 Å². The van der Waals surface area contributed by atoms with Crippen LogP contribution in [0.2, 0.25) is 0 Å². The van der Waals surface area contributed by atoms with Gasteiger partial charge in [0.05, 0.1) is 0 Å². The summed E-state index contributed by atoms with van der Waals surface area (Å²) in [5, 5.41) is 12.3. The Balaban J connectivity index is 2.29. The third kappa shape index (κ3) is 3.35. The molecule has 0 fully saturated rings. The van der Waals surface area contributed by atoms with Crippen LogP contribution in [0.15, 0.2) is 59.5 Å². The summed E-state index contributed by atoms with van der Waals surface area (Å²) in [6, 6.07) is 12.8. The monoisotopic (exact) mass is 255 g/mol. The second-order valence-corrected chi connectivity index (χ2v) is 4.39. The predicted molar refractivity (Wildman–Crippen MR) is 76.2 cm³/mol. The van der Waals surface area contributed by atoms with E-state index < -0.39 is 0 Å². The molecule has 0 N–H and O–H groups in total. The van der Waals surface area contributed by atoms with Crippen LogP contribution in [0.1, 0.15) is 29.5 Å². The lowest BCUT2D eigenvalue weighted by atomic mass is 10.1. The molecule has 98 valence electrons. The van der Waals surface area contributed by atoms with Crippen molar-refractivity contribution in [2.45, 2.75) is 19.4 Å². The maximum absolute atomic E-state index is 12.3. The van der Waals surface area contributed by atoms with Gasteiger partial charge < -0.3 is 9.62 Å². The van der Waals surface area contributed by atoms with E-state index in [0.29, 0.717) is 12.2 Å². The maximum atomic E-state index is 12.3. The average molecular weight is 255 g/mol. The molecule has 0 radical (unpaired) electrons. The number of hydrogen-bond donors (Lipinski definition) is 0. The van der Waals surface area contributed by atoms with E-state index in [-0.39, 0.29) is 6.04 Å². The molecule has 2 aromatic rings. The molecule has 3 heteroatoms. The molecule has 0 spiro atoms. The number of rotatable bonds is 5. The van der Waals surface area contributed by atoms with Crippen LogP contribution in [0, 0.1) is 12.1 Å². The Labute approximate surface area is 113 Å². The summed E-state index contributed by atoms with van der Waals surface area (Å²) in [4.78, 5) is 0. The highest BCUT2D eigenvalue weighted by atomic mass is 16.5. The molecule has 1 atom stereocenters. The van der Waals surface area contributed by atoms with Crippen LogP contribution in [0.5, 0.6) is 0 Å². The van der Waals surface area contributed by atoms with E-state index in [1.807, 2.05) is 49.4 Å². The van der Waals surface area contributed by atoms with Gasteiger partial charge in [-0.15, -0.1) is 6.58 Å². The SMILES string of the molecule is C=CCC(c1ccc(C)o1)/[N+]([O-])=C\c1ccccc1. The summed E-state index contributed by atoms with van der Waals surface area (Å²) >= 11 is 0. The number of furan rings is 1.